The van der Waals surface area contributed by atoms with E-state index in [1.54, 1.807) is 18.4 Å². The van der Waals surface area contributed by atoms with Crippen LogP contribution in [-0.4, -0.2) is 58.3 Å². The zero-order valence-electron chi connectivity index (χ0n) is 15.5. The standard InChI is InChI=1S/C15H24N5O6P/c1-4-23-27(21,24-5-2)26-10-6-12(22-3)25-11(10)7-20-9-19-14(16)13-15(20)18-8-17-13/h8-12,16H,4-7H2,1-3H3,(H,17,18)/t10-,11+,12?/m0/s1. The predicted octanol–water partition coefficient (Wildman–Crippen LogP) is 1.57. The molecule has 150 valence electrons. The third kappa shape index (κ3) is 4.45. The van der Waals surface area contributed by atoms with Crippen molar-refractivity contribution in [1.29, 1.82) is 5.41 Å². The van der Waals surface area contributed by atoms with E-state index in [0.29, 0.717) is 24.1 Å². The fourth-order valence-electron chi connectivity index (χ4n) is 2.94. The highest BCUT2D eigenvalue weighted by atomic mass is 31.2. The summed E-state index contributed by atoms with van der Waals surface area (Å²) in [6, 6.07) is 0. The lowest BCUT2D eigenvalue weighted by molar-refractivity contribution is -0.120. The first-order valence-corrected chi connectivity index (χ1v) is 10.1. The molecular weight excluding hydrogens is 377 g/mol. The molecular formula is C15H24N5O6P. The van der Waals surface area contributed by atoms with Gasteiger partial charge in [-0.25, -0.2) is 14.5 Å². The minimum absolute atomic E-state index is 0.103. The molecule has 2 N–H and O–H groups in total. The van der Waals surface area contributed by atoms with Crippen LogP contribution < -0.4 is 5.49 Å². The maximum atomic E-state index is 12.8. The first-order valence-electron chi connectivity index (χ1n) is 8.68. The van der Waals surface area contributed by atoms with Crippen LogP contribution in [0.4, 0.5) is 0 Å². The average Bonchev–Trinajstić information content (AvgIpc) is 3.26. The van der Waals surface area contributed by atoms with Crippen molar-refractivity contribution < 1.29 is 27.6 Å². The Bertz CT molecular complexity index is 860. The van der Waals surface area contributed by atoms with E-state index in [1.165, 1.54) is 19.8 Å². The van der Waals surface area contributed by atoms with E-state index >= 15 is 0 Å². The maximum Gasteiger partial charge on any atom is 0.475 e. The normalized spacial score (nSPS) is 23.3. The molecule has 1 unspecified atom stereocenters. The van der Waals surface area contributed by atoms with Crippen molar-refractivity contribution in [2.24, 2.45) is 0 Å². The summed E-state index contributed by atoms with van der Waals surface area (Å²) in [6.45, 7) is 4.14. The number of methoxy groups -OCH3 is 1. The predicted molar refractivity (Wildman–Crippen MR) is 93.8 cm³/mol. The Morgan fingerprint density at radius 1 is 1.37 bits per heavy atom. The van der Waals surface area contributed by atoms with Gasteiger partial charge in [-0.15, -0.1) is 0 Å². The topological polar surface area (TPSA) is 134 Å². The molecule has 0 saturated carbocycles. The van der Waals surface area contributed by atoms with Gasteiger partial charge in [0, 0.05) is 13.5 Å². The van der Waals surface area contributed by atoms with Crippen molar-refractivity contribution in [3.05, 3.63) is 18.1 Å². The third-order valence-electron chi connectivity index (χ3n) is 4.10. The summed E-state index contributed by atoms with van der Waals surface area (Å²) in [7, 11) is -2.17. The number of aromatic nitrogens is 4. The molecule has 1 saturated heterocycles. The highest BCUT2D eigenvalue weighted by Crippen LogP contribution is 2.52. The summed E-state index contributed by atoms with van der Waals surface area (Å²) in [5.74, 6) is 0. The van der Waals surface area contributed by atoms with Gasteiger partial charge in [-0.1, -0.05) is 0 Å². The second-order valence-corrected chi connectivity index (χ2v) is 7.47. The Labute approximate surface area is 156 Å². The molecule has 0 aromatic carbocycles. The molecule has 1 aliphatic rings. The van der Waals surface area contributed by atoms with E-state index in [0.717, 1.165) is 0 Å². The number of rotatable bonds is 9. The molecule has 11 nitrogen and oxygen atoms in total. The number of nitrogens with one attached hydrogen (secondary N) is 2. The zero-order chi connectivity index (χ0) is 19.4. The van der Waals surface area contributed by atoms with Crippen LogP contribution in [0.3, 0.4) is 0 Å². The minimum atomic E-state index is -3.70. The lowest BCUT2D eigenvalue weighted by Crippen LogP contribution is -2.30. The number of ether oxygens (including phenoxy) is 2. The Hall–Kier alpha value is -1.62. The Kier molecular flexibility index (Phi) is 6.40. The van der Waals surface area contributed by atoms with Gasteiger partial charge in [0.2, 0.25) is 0 Å². The van der Waals surface area contributed by atoms with Gasteiger partial charge in [0.15, 0.2) is 17.4 Å². The maximum absolute atomic E-state index is 12.8. The van der Waals surface area contributed by atoms with Crippen LogP contribution in [0.15, 0.2) is 12.7 Å². The summed E-state index contributed by atoms with van der Waals surface area (Å²) in [4.78, 5) is 11.2. The minimum Gasteiger partial charge on any atom is -0.356 e. The molecule has 1 fully saturated rings. The molecule has 2 aromatic rings. The lowest BCUT2D eigenvalue weighted by atomic mass is 10.2. The second kappa shape index (κ2) is 8.59. The SMILES string of the molecule is CCOP(=O)(OCC)O[C@H]1CC(OC)O[C@@H]1Cn1cnc(=N)c2[nH]cnc21. The Morgan fingerprint density at radius 3 is 2.78 bits per heavy atom. The summed E-state index contributed by atoms with van der Waals surface area (Å²) < 4.78 is 41.8. The van der Waals surface area contributed by atoms with Gasteiger partial charge >= 0.3 is 7.82 Å². The fraction of sp³-hybridized carbons (Fsp3) is 0.667. The van der Waals surface area contributed by atoms with E-state index in [4.69, 9.17) is 28.5 Å². The molecule has 27 heavy (non-hydrogen) atoms. The number of phosphoric ester groups is 1. The van der Waals surface area contributed by atoms with Crippen molar-refractivity contribution >= 4 is 19.0 Å². The molecule has 3 rings (SSSR count). The quantitative estimate of drug-likeness (QED) is 0.605. The van der Waals surface area contributed by atoms with Crippen molar-refractivity contribution in [2.45, 2.75) is 45.3 Å². The number of phosphoric acid groups is 1. The van der Waals surface area contributed by atoms with Gasteiger partial charge in [0.1, 0.15) is 17.7 Å². The van der Waals surface area contributed by atoms with Gasteiger partial charge in [-0.3, -0.25) is 19.0 Å². The highest BCUT2D eigenvalue weighted by molar-refractivity contribution is 7.48. The molecule has 0 radical (unpaired) electrons. The van der Waals surface area contributed by atoms with E-state index in [1.807, 2.05) is 0 Å². The number of hydrogen-bond donors (Lipinski definition) is 2. The van der Waals surface area contributed by atoms with Gasteiger partial charge in [-0.2, -0.15) is 0 Å². The van der Waals surface area contributed by atoms with Crippen LogP contribution >= 0.6 is 7.82 Å². The fourth-order valence-corrected chi connectivity index (χ4v) is 4.32. The number of imidazole rings is 1. The molecule has 3 atom stereocenters. The van der Waals surface area contributed by atoms with Gasteiger partial charge in [0.25, 0.3) is 0 Å². The van der Waals surface area contributed by atoms with Crippen LogP contribution in [-0.2, 0) is 34.2 Å². The molecule has 2 aromatic heterocycles. The molecule has 3 heterocycles. The van der Waals surface area contributed by atoms with Gasteiger partial charge < -0.3 is 19.0 Å². The Morgan fingerprint density at radius 2 is 2.11 bits per heavy atom. The van der Waals surface area contributed by atoms with Crippen LogP contribution in [0.25, 0.3) is 11.2 Å². The summed E-state index contributed by atoms with van der Waals surface area (Å²) in [5, 5.41) is 7.83. The zero-order valence-corrected chi connectivity index (χ0v) is 16.3. The molecule has 0 spiro atoms. The number of hydrogen-bond acceptors (Lipinski definition) is 9. The number of fused-ring (bicyclic) bond motifs is 1. The number of H-pyrrole nitrogens is 1. The largest absolute Gasteiger partial charge is 0.475 e. The van der Waals surface area contributed by atoms with Crippen molar-refractivity contribution in [2.75, 3.05) is 20.3 Å². The van der Waals surface area contributed by atoms with Gasteiger partial charge in [0.05, 0.1) is 32.4 Å². The number of nitrogens with zero attached hydrogens (tertiary/aromatic N) is 3. The summed E-state index contributed by atoms with van der Waals surface area (Å²) in [5.41, 5.74) is 1.19. The molecule has 0 bridgehead atoms. The summed E-state index contributed by atoms with van der Waals surface area (Å²) in [6.07, 6.45) is 1.82. The van der Waals surface area contributed by atoms with E-state index in [2.05, 4.69) is 15.0 Å². The van der Waals surface area contributed by atoms with E-state index in [-0.39, 0.29) is 18.7 Å². The molecule has 0 amide bonds. The monoisotopic (exact) mass is 401 g/mol. The first kappa shape index (κ1) is 20.1. The Balaban J connectivity index is 1.83. The highest BCUT2D eigenvalue weighted by Gasteiger charge is 2.42. The smallest absolute Gasteiger partial charge is 0.356 e. The molecule has 1 aliphatic heterocycles. The molecule has 0 aliphatic carbocycles. The second-order valence-electron chi connectivity index (χ2n) is 5.85. The number of aromatic amines is 1. The van der Waals surface area contributed by atoms with Gasteiger partial charge in [-0.05, 0) is 13.8 Å². The lowest BCUT2D eigenvalue weighted by Gasteiger charge is -2.24. The third-order valence-corrected chi connectivity index (χ3v) is 5.78. The van der Waals surface area contributed by atoms with E-state index < -0.39 is 26.3 Å². The van der Waals surface area contributed by atoms with Crippen molar-refractivity contribution in [3.63, 3.8) is 0 Å². The van der Waals surface area contributed by atoms with Crippen LogP contribution in [0.5, 0.6) is 0 Å². The van der Waals surface area contributed by atoms with Crippen LogP contribution in [0.1, 0.15) is 20.3 Å². The average molecular weight is 401 g/mol. The van der Waals surface area contributed by atoms with E-state index in [9.17, 15) is 4.57 Å². The van der Waals surface area contributed by atoms with Crippen LogP contribution in [0, 0.1) is 5.41 Å². The first-order chi connectivity index (χ1) is 13.0. The summed E-state index contributed by atoms with van der Waals surface area (Å²) >= 11 is 0. The van der Waals surface area contributed by atoms with Crippen molar-refractivity contribution in [1.82, 2.24) is 19.5 Å². The van der Waals surface area contributed by atoms with Crippen LogP contribution in [0.2, 0.25) is 0 Å². The van der Waals surface area contributed by atoms with Crippen molar-refractivity contribution in [3.8, 4) is 0 Å². The molecule has 12 heteroatoms.